The van der Waals surface area contributed by atoms with E-state index in [1.807, 2.05) is 36.5 Å². The lowest BCUT2D eigenvalue weighted by Crippen LogP contribution is -2.47. The van der Waals surface area contributed by atoms with Crippen molar-refractivity contribution in [2.45, 2.75) is 51.7 Å². The average molecular weight is 422 g/mol. The summed E-state index contributed by atoms with van der Waals surface area (Å²) >= 11 is 0. The largest absolute Gasteiger partial charge is 0.490 e. The molecule has 0 radical (unpaired) electrons. The van der Waals surface area contributed by atoms with Crippen LogP contribution in [0, 0.1) is 0 Å². The van der Waals surface area contributed by atoms with Gasteiger partial charge in [-0.05, 0) is 56.0 Å². The van der Waals surface area contributed by atoms with E-state index in [9.17, 15) is 0 Å². The standard InChI is InChI=1S/C25H35N5O/c1-2-26-25(30-17-12-23(13-18-30)31-22-9-5-3-6-10-22)28-20-21-11-14-27-24(19-21)29-15-7-4-8-16-29/h3,5-6,9-11,14,19,23H,2,4,7-8,12-13,15-18,20H2,1H3,(H,26,28). The summed E-state index contributed by atoms with van der Waals surface area (Å²) < 4.78 is 6.14. The molecule has 0 amide bonds. The first-order valence-electron chi connectivity index (χ1n) is 11.8. The molecule has 2 fully saturated rings. The van der Waals surface area contributed by atoms with Crippen molar-refractivity contribution in [2.24, 2.45) is 4.99 Å². The van der Waals surface area contributed by atoms with Crippen LogP contribution in [-0.4, -0.2) is 54.7 Å². The molecule has 6 nitrogen and oxygen atoms in total. The molecule has 0 unspecified atom stereocenters. The number of anilines is 1. The number of piperidine rings is 2. The van der Waals surface area contributed by atoms with E-state index in [0.717, 1.165) is 63.1 Å². The fourth-order valence-corrected chi connectivity index (χ4v) is 4.32. The van der Waals surface area contributed by atoms with Gasteiger partial charge >= 0.3 is 0 Å². The van der Waals surface area contributed by atoms with Gasteiger partial charge in [-0.2, -0.15) is 0 Å². The Morgan fingerprint density at radius 3 is 2.58 bits per heavy atom. The average Bonchev–Trinajstić information content (AvgIpc) is 2.84. The zero-order chi connectivity index (χ0) is 21.3. The van der Waals surface area contributed by atoms with Crippen LogP contribution in [0.5, 0.6) is 5.75 Å². The molecule has 2 aliphatic heterocycles. The molecule has 1 aromatic heterocycles. The van der Waals surface area contributed by atoms with Crippen LogP contribution in [-0.2, 0) is 6.54 Å². The zero-order valence-electron chi connectivity index (χ0n) is 18.7. The summed E-state index contributed by atoms with van der Waals surface area (Å²) in [4.78, 5) is 14.3. The van der Waals surface area contributed by atoms with E-state index in [-0.39, 0.29) is 6.10 Å². The molecule has 4 rings (SSSR count). The van der Waals surface area contributed by atoms with E-state index in [1.165, 1.54) is 24.8 Å². The highest BCUT2D eigenvalue weighted by Gasteiger charge is 2.22. The highest BCUT2D eigenvalue weighted by Crippen LogP contribution is 2.20. The zero-order valence-corrected chi connectivity index (χ0v) is 18.7. The maximum absolute atomic E-state index is 6.14. The van der Waals surface area contributed by atoms with E-state index in [4.69, 9.17) is 9.73 Å². The number of rotatable bonds is 6. The second kappa shape index (κ2) is 11.0. The number of hydrogen-bond donors (Lipinski definition) is 1. The summed E-state index contributed by atoms with van der Waals surface area (Å²) in [5, 5.41) is 3.47. The molecule has 1 N–H and O–H groups in total. The van der Waals surface area contributed by atoms with Crippen LogP contribution in [0.4, 0.5) is 5.82 Å². The first-order valence-corrected chi connectivity index (χ1v) is 11.8. The minimum absolute atomic E-state index is 0.272. The highest BCUT2D eigenvalue weighted by atomic mass is 16.5. The van der Waals surface area contributed by atoms with Gasteiger partial charge in [0.05, 0.1) is 6.54 Å². The number of para-hydroxylation sites is 1. The Kier molecular flexibility index (Phi) is 7.64. The van der Waals surface area contributed by atoms with Gasteiger partial charge in [-0.25, -0.2) is 9.98 Å². The van der Waals surface area contributed by atoms with Gasteiger partial charge in [0.1, 0.15) is 17.7 Å². The van der Waals surface area contributed by atoms with Crippen molar-refractivity contribution in [3.8, 4) is 5.75 Å². The number of nitrogens with one attached hydrogen (secondary N) is 1. The Hall–Kier alpha value is -2.76. The Morgan fingerprint density at radius 1 is 1.06 bits per heavy atom. The lowest BCUT2D eigenvalue weighted by Gasteiger charge is -2.34. The van der Waals surface area contributed by atoms with Crippen LogP contribution in [0.1, 0.15) is 44.6 Å². The SMILES string of the molecule is CCNC(=NCc1ccnc(N2CCCCC2)c1)N1CCC(Oc2ccccc2)CC1. The third-order valence-electron chi connectivity index (χ3n) is 6.02. The molecule has 0 atom stereocenters. The van der Waals surface area contributed by atoms with Crippen molar-refractivity contribution in [3.63, 3.8) is 0 Å². The van der Waals surface area contributed by atoms with Crippen LogP contribution in [0.25, 0.3) is 0 Å². The first-order chi connectivity index (χ1) is 15.3. The van der Waals surface area contributed by atoms with Crippen molar-refractivity contribution in [1.29, 1.82) is 0 Å². The summed E-state index contributed by atoms with van der Waals surface area (Å²) in [6.45, 7) is 7.81. The third-order valence-corrected chi connectivity index (χ3v) is 6.02. The summed E-state index contributed by atoms with van der Waals surface area (Å²) in [6.07, 6.45) is 8.07. The fourth-order valence-electron chi connectivity index (χ4n) is 4.32. The van der Waals surface area contributed by atoms with E-state index in [0.29, 0.717) is 6.54 Å². The monoisotopic (exact) mass is 421 g/mol. The Labute approximate surface area is 186 Å². The van der Waals surface area contributed by atoms with Crippen molar-refractivity contribution < 1.29 is 4.74 Å². The molecular formula is C25H35N5O. The van der Waals surface area contributed by atoms with Crippen molar-refractivity contribution in [1.82, 2.24) is 15.2 Å². The molecule has 166 valence electrons. The maximum Gasteiger partial charge on any atom is 0.194 e. The van der Waals surface area contributed by atoms with Crippen LogP contribution < -0.4 is 15.0 Å². The van der Waals surface area contributed by atoms with Gasteiger partial charge in [-0.3, -0.25) is 0 Å². The van der Waals surface area contributed by atoms with Gasteiger partial charge in [0.25, 0.3) is 0 Å². The Balaban J connectivity index is 1.34. The van der Waals surface area contributed by atoms with E-state index in [1.54, 1.807) is 0 Å². The lowest BCUT2D eigenvalue weighted by molar-refractivity contribution is 0.129. The summed E-state index contributed by atoms with van der Waals surface area (Å²) in [7, 11) is 0. The second-order valence-electron chi connectivity index (χ2n) is 8.36. The quantitative estimate of drug-likeness (QED) is 0.563. The Bertz CT molecular complexity index is 827. The molecule has 2 aliphatic rings. The number of aliphatic imine (C=N–C) groups is 1. The number of benzene rings is 1. The van der Waals surface area contributed by atoms with Gasteiger partial charge in [0, 0.05) is 51.8 Å². The molecule has 0 saturated carbocycles. The first kappa shape index (κ1) is 21.5. The van der Waals surface area contributed by atoms with Crippen molar-refractivity contribution in [2.75, 3.05) is 37.6 Å². The molecule has 6 heteroatoms. The van der Waals surface area contributed by atoms with Gasteiger partial charge < -0.3 is 19.9 Å². The van der Waals surface area contributed by atoms with Gasteiger partial charge in [-0.1, -0.05) is 18.2 Å². The normalized spacial score (nSPS) is 18.2. The summed E-state index contributed by atoms with van der Waals surface area (Å²) in [5.74, 6) is 3.05. The number of ether oxygens (including phenoxy) is 1. The minimum Gasteiger partial charge on any atom is -0.490 e. The molecule has 1 aromatic carbocycles. The number of aromatic nitrogens is 1. The smallest absolute Gasteiger partial charge is 0.194 e. The van der Waals surface area contributed by atoms with Crippen LogP contribution in [0.3, 0.4) is 0 Å². The number of guanidine groups is 1. The number of nitrogens with zero attached hydrogens (tertiary/aromatic N) is 4. The van der Waals surface area contributed by atoms with E-state index < -0.39 is 0 Å². The third kappa shape index (κ3) is 6.12. The van der Waals surface area contributed by atoms with E-state index >= 15 is 0 Å². The van der Waals surface area contributed by atoms with Crippen LogP contribution in [0.2, 0.25) is 0 Å². The highest BCUT2D eigenvalue weighted by molar-refractivity contribution is 5.80. The summed E-state index contributed by atoms with van der Waals surface area (Å²) in [6, 6.07) is 14.4. The molecule has 2 aromatic rings. The predicted octanol–water partition coefficient (Wildman–Crippen LogP) is 4.08. The second-order valence-corrected chi connectivity index (χ2v) is 8.36. The lowest BCUT2D eigenvalue weighted by atomic mass is 10.1. The summed E-state index contributed by atoms with van der Waals surface area (Å²) in [5.41, 5.74) is 1.22. The maximum atomic E-state index is 6.14. The van der Waals surface area contributed by atoms with Crippen molar-refractivity contribution in [3.05, 3.63) is 54.2 Å². The molecule has 2 saturated heterocycles. The number of hydrogen-bond acceptors (Lipinski definition) is 4. The number of pyridine rings is 1. The number of likely N-dealkylation sites (tertiary alicyclic amines) is 1. The molecule has 3 heterocycles. The predicted molar refractivity (Wildman–Crippen MR) is 127 cm³/mol. The van der Waals surface area contributed by atoms with Gasteiger partial charge in [-0.15, -0.1) is 0 Å². The molecule has 0 bridgehead atoms. The molecule has 0 aliphatic carbocycles. The molecular weight excluding hydrogens is 386 g/mol. The van der Waals surface area contributed by atoms with Crippen LogP contribution >= 0.6 is 0 Å². The molecule has 0 spiro atoms. The van der Waals surface area contributed by atoms with Gasteiger partial charge in [0.15, 0.2) is 5.96 Å². The fraction of sp³-hybridized carbons (Fsp3) is 0.520. The van der Waals surface area contributed by atoms with E-state index in [2.05, 4.69) is 39.2 Å². The minimum atomic E-state index is 0.272. The Morgan fingerprint density at radius 2 is 1.84 bits per heavy atom. The van der Waals surface area contributed by atoms with Gasteiger partial charge in [0.2, 0.25) is 0 Å². The van der Waals surface area contributed by atoms with Crippen LogP contribution in [0.15, 0.2) is 53.7 Å². The van der Waals surface area contributed by atoms with Crippen molar-refractivity contribution >= 4 is 11.8 Å². The molecule has 31 heavy (non-hydrogen) atoms. The topological polar surface area (TPSA) is 53.0 Å².